The molecule has 3 atom stereocenters. The first-order valence-electron chi connectivity index (χ1n) is 7.82. The Morgan fingerprint density at radius 2 is 1.89 bits per heavy atom. The van der Waals surface area contributed by atoms with Gasteiger partial charge in [-0.3, -0.25) is 4.90 Å². The van der Waals surface area contributed by atoms with Gasteiger partial charge in [-0.15, -0.1) is 0 Å². The lowest BCUT2D eigenvalue weighted by molar-refractivity contribution is 0.0971. The van der Waals surface area contributed by atoms with Crippen LogP contribution in [0.15, 0.2) is 0 Å². The van der Waals surface area contributed by atoms with E-state index in [4.69, 9.17) is 0 Å². The average molecular weight is 252 g/mol. The Bertz CT molecular complexity index is 265. The van der Waals surface area contributed by atoms with Crippen molar-refractivity contribution in [1.29, 1.82) is 0 Å². The Balaban J connectivity index is 1.83. The lowest BCUT2D eigenvalue weighted by atomic mass is 9.92. The number of nitrogens with zero attached hydrogens (tertiary/aromatic N) is 1. The van der Waals surface area contributed by atoms with Crippen LogP contribution in [0.3, 0.4) is 0 Å². The van der Waals surface area contributed by atoms with Crippen LogP contribution in [0, 0.1) is 17.3 Å². The Morgan fingerprint density at radius 3 is 2.44 bits per heavy atom. The molecule has 1 aliphatic carbocycles. The van der Waals surface area contributed by atoms with Crippen molar-refractivity contribution >= 4 is 0 Å². The minimum absolute atomic E-state index is 0.396. The lowest BCUT2D eigenvalue weighted by Crippen LogP contribution is -2.53. The third kappa shape index (κ3) is 4.24. The average Bonchev–Trinajstić information content (AvgIpc) is 3.07. The Labute approximate surface area is 114 Å². The van der Waals surface area contributed by atoms with Gasteiger partial charge in [-0.2, -0.15) is 0 Å². The summed E-state index contributed by atoms with van der Waals surface area (Å²) in [5.41, 5.74) is 0.396. The predicted octanol–water partition coefficient (Wildman–Crippen LogP) is 3.13. The molecule has 0 radical (unpaired) electrons. The normalized spacial score (nSPS) is 32.5. The number of rotatable bonds is 4. The highest BCUT2D eigenvalue weighted by Gasteiger charge is 2.35. The van der Waals surface area contributed by atoms with Gasteiger partial charge in [0.15, 0.2) is 0 Å². The third-order valence-corrected chi connectivity index (χ3v) is 4.49. The van der Waals surface area contributed by atoms with Crippen LogP contribution in [0.5, 0.6) is 0 Å². The number of hydrogen-bond donors (Lipinski definition) is 1. The smallest absolute Gasteiger partial charge is 0.0198 e. The molecule has 106 valence electrons. The summed E-state index contributed by atoms with van der Waals surface area (Å²) in [4.78, 5) is 2.74. The van der Waals surface area contributed by atoms with Gasteiger partial charge in [0.2, 0.25) is 0 Å². The van der Waals surface area contributed by atoms with Crippen LogP contribution in [0.2, 0.25) is 0 Å². The number of nitrogens with one attached hydrogen (secondary N) is 1. The van der Waals surface area contributed by atoms with E-state index in [9.17, 15) is 0 Å². The molecule has 2 nitrogen and oxygen atoms in total. The molecular weight excluding hydrogens is 220 g/mol. The van der Waals surface area contributed by atoms with Crippen LogP contribution in [-0.4, -0.2) is 36.6 Å². The van der Waals surface area contributed by atoms with Crippen molar-refractivity contribution in [1.82, 2.24) is 10.2 Å². The van der Waals surface area contributed by atoms with E-state index in [1.807, 2.05) is 0 Å². The number of hydrogen-bond acceptors (Lipinski definition) is 2. The maximum atomic E-state index is 3.79. The minimum atomic E-state index is 0.396. The van der Waals surface area contributed by atoms with Gasteiger partial charge >= 0.3 is 0 Å². The molecule has 2 heteroatoms. The Hall–Kier alpha value is -0.0800. The van der Waals surface area contributed by atoms with Gasteiger partial charge in [0.05, 0.1) is 0 Å². The third-order valence-electron chi connectivity index (χ3n) is 4.49. The van der Waals surface area contributed by atoms with E-state index in [0.29, 0.717) is 11.5 Å². The Morgan fingerprint density at radius 1 is 1.22 bits per heavy atom. The summed E-state index contributed by atoms with van der Waals surface area (Å²) in [6.07, 6.45) is 4.28. The molecule has 0 aromatic rings. The zero-order valence-corrected chi connectivity index (χ0v) is 13.0. The van der Waals surface area contributed by atoms with Gasteiger partial charge in [-0.1, -0.05) is 27.7 Å². The fourth-order valence-corrected chi connectivity index (χ4v) is 3.20. The lowest BCUT2D eigenvalue weighted by Gasteiger charge is -2.41. The second kappa shape index (κ2) is 5.50. The molecule has 1 N–H and O–H groups in total. The summed E-state index contributed by atoms with van der Waals surface area (Å²) >= 11 is 0. The molecule has 1 heterocycles. The molecule has 2 rings (SSSR count). The van der Waals surface area contributed by atoms with Crippen LogP contribution in [0.25, 0.3) is 0 Å². The highest BCUT2D eigenvalue weighted by atomic mass is 15.2. The molecule has 3 unspecified atom stereocenters. The molecule has 2 fully saturated rings. The summed E-state index contributed by atoms with van der Waals surface area (Å²) < 4.78 is 0. The summed E-state index contributed by atoms with van der Waals surface area (Å²) in [6.45, 7) is 15.5. The molecule has 1 aliphatic heterocycles. The monoisotopic (exact) mass is 252 g/mol. The molecule has 0 spiro atoms. The van der Waals surface area contributed by atoms with Crippen LogP contribution in [-0.2, 0) is 0 Å². The van der Waals surface area contributed by atoms with Gasteiger partial charge < -0.3 is 5.32 Å². The predicted molar refractivity (Wildman–Crippen MR) is 78.8 cm³/mol. The first-order chi connectivity index (χ1) is 8.35. The highest BCUT2D eigenvalue weighted by Crippen LogP contribution is 2.36. The van der Waals surface area contributed by atoms with Gasteiger partial charge in [0.1, 0.15) is 0 Å². The molecule has 1 saturated heterocycles. The fraction of sp³-hybridized carbons (Fsp3) is 1.00. The largest absolute Gasteiger partial charge is 0.312 e. The number of piperidine rings is 1. The van der Waals surface area contributed by atoms with Crippen LogP contribution >= 0.6 is 0 Å². The zero-order chi connectivity index (χ0) is 13.3. The van der Waals surface area contributed by atoms with Crippen molar-refractivity contribution in [2.24, 2.45) is 17.3 Å². The summed E-state index contributed by atoms with van der Waals surface area (Å²) in [6, 6.07) is 1.51. The summed E-state index contributed by atoms with van der Waals surface area (Å²) in [7, 11) is 0. The van der Waals surface area contributed by atoms with E-state index in [-0.39, 0.29) is 0 Å². The van der Waals surface area contributed by atoms with E-state index >= 15 is 0 Å². The molecule has 2 aliphatic rings. The topological polar surface area (TPSA) is 15.3 Å². The van der Waals surface area contributed by atoms with Crippen molar-refractivity contribution in [3.63, 3.8) is 0 Å². The van der Waals surface area contributed by atoms with Crippen LogP contribution in [0.4, 0.5) is 0 Å². The van der Waals surface area contributed by atoms with Crippen molar-refractivity contribution < 1.29 is 0 Å². The Kier molecular flexibility index (Phi) is 4.38. The molecular formula is C16H32N2. The minimum Gasteiger partial charge on any atom is -0.312 e. The van der Waals surface area contributed by atoms with Gasteiger partial charge in [0.25, 0.3) is 0 Å². The van der Waals surface area contributed by atoms with Crippen molar-refractivity contribution in [2.75, 3.05) is 19.6 Å². The molecule has 0 amide bonds. The SMILES string of the molecule is CC1CC(NCC(C)(C)C)CN(C(C)C2CC2)C1. The maximum absolute atomic E-state index is 3.79. The highest BCUT2D eigenvalue weighted by molar-refractivity contribution is 4.91. The van der Waals surface area contributed by atoms with Crippen molar-refractivity contribution in [3.8, 4) is 0 Å². The second-order valence-corrected chi connectivity index (χ2v) is 8.01. The summed E-state index contributed by atoms with van der Waals surface area (Å²) in [5, 5.41) is 3.79. The van der Waals surface area contributed by atoms with Gasteiger partial charge in [-0.05, 0) is 43.4 Å². The maximum Gasteiger partial charge on any atom is 0.0198 e. The van der Waals surface area contributed by atoms with E-state index in [0.717, 1.165) is 24.4 Å². The van der Waals surface area contributed by atoms with Crippen molar-refractivity contribution in [2.45, 2.75) is 66.0 Å². The number of likely N-dealkylation sites (tertiary alicyclic amines) is 1. The standard InChI is InChI=1S/C16H32N2/c1-12-8-15(17-11-16(3,4)5)10-18(9-12)13(2)14-6-7-14/h12-15,17H,6-11H2,1-5H3. The van der Waals surface area contributed by atoms with Gasteiger partial charge in [0, 0.05) is 31.7 Å². The molecule has 18 heavy (non-hydrogen) atoms. The van der Waals surface area contributed by atoms with Crippen LogP contribution < -0.4 is 5.32 Å². The zero-order valence-electron chi connectivity index (χ0n) is 13.0. The molecule has 0 bridgehead atoms. The van der Waals surface area contributed by atoms with E-state index in [1.165, 1.54) is 32.4 Å². The van der Waals surface area contributed by atoms with Crippen LogP contribution in [0.1, 0.15) is 53.9 Å². The molecule has 1 saturated carbocycles. The quantitative estimate of drug-likeness (QED) is 0.827. The van der Waals surface area contributed by atoms with E-state index in [2.05, 4.69) is 44.8 Å². The summed E-state index contributed by atoms with van der Waals surface area (Å²) in [5.74, 6) is 1.84. The molecule has 0 aromatic carbocycles. The van der Waals surface area contributed by atoms with E-state index in [1.54, 1.807) is 0 Å². The first kappa shape index (κ1) is 14.3. The molecule has 0 aromatic heterocycles. The first-order valence-corrected chi connectivity index (χ1v) is 7.82. The fourth-order valence-electron chi connectivity index (χ4n) is 3.20. The van der Waals surface area contributed by atoms with E-state index < -0.39 is 0 Å². The van der Waals surface area contributed by atoms with Crippen molar-refractivity contribution in [3.05, 3.63) is 0 Å². The van der Waals surface area contributed by atoms with Gasteiger partial charge in [-0.25, -0.2) is 0 Å². The second-order valence-electron chi connectivity index (χ2n) is 8.01.